The second-order valence-electron chi connectivity index (χ2n) is 8.63. The first-order chi connectivity index (χ1) is 16.4. The van der Waals surface area contributed by atoms with Gasteiger partial charge >= 0.3 is 0 Å². The third-order valence-corrected chi connectivity index (χ3v) is 6.01. The SMILES string of the molecule is CC(C)[C@H](NC(=O)c1ccc2c(c1)C(=O)N(Cc1ccco1)C2=O)c1ccc2c(c1)OCCO2. The highest BCUT2D eigenvalue weighted by molar-refractivity contribution is 6.22. The van der Waals surface area contributed by atoms with Crippen molar-refractivity contribution < 1.29 is 28.3 Å². The lowest BCUT2D eigenvalue weighted by atomic mass is 9.95. The van der Waals surface area contributed by atoms with Gasteiger partial charge in [-0.05, 0) is 53.9 Å². The summed E-state index contributed by atoms with van der Waals surface area (Å²) in [4.78, 5) is 39.9. The molecule has 2 aromatic carbocycles. The van der Waals surface area contributed by atoms with Crippen LogP contribution in [0.15, 0.2) is 59.2 Å². The van der Waals surface area contributed by atoms with Crippen molar-refractivity contribution in [2.75, 3.05) is 13.2 Å². The van der Waals surface area contributed by atoms with Crippen LogP contribution in [0.1, 0.15) is 62.3 Å². The fourth-order valence-electron chi connectivity index (χ4n) is 4.25. The van der Waals surface area contributed by atoms with E-state index in [9.17, 15) is 14.4 Å². The zero-order valence-corrected chi connectivity index (χ0v) is 18.9. The summed E-state index contributed by atoms with van der Waals surface area (Å²) in [5, 5.41) is 3.06. The Hall–Kier alpha value is -4.07. The number of imide groups is 1. The summed E-state index contributed by atoms with van der Waals surface area (Å²) in [6.07, 6.45) is 1.49. The predicted molar refractivity (Wildman–Crippen MR) is 122 cm³/mol. The third-order valence-electron chi connectivity index (χ3n) is 6.01. The van der Waals surface area contributed by atoms with Crippen molar-refractivity contribution in [3.05, 3.63) is 82.8 Å². The molecular weight excluding hydrogens is 436 g/mol. The van der Waals surface area contributed by atoms with E-state index in [1.54, 1.807) is 18.2 Å². The molecule has 0 unspecified atom stereocenters. The highest BCUT2D eigenvalue weighted by Gasteiger charge is 2.36. The van der Waals surface area contributed by atoms with Crippen LogP contribution in [0.5, 0.6) is 11.5 Å². The van der Waals surface area contributed by atoms with Gasteiger partial charge in [-0.1, -0.05) is 19.9 Å². The van der Waals surface area contributed by atoms with E-state index in [-0.39, 0.29) is 35.5 Å². The number of furan rings is 1. The lowest BCUT2D eigenvalue weighted by molar-refractivity contribution is 0.0631. The Morgan fingerprint density at radius 2 is 1.74 bits per heavy atom. The molecule has 1 N–H and O–H groups in total. The topological polar surface area (TPSA) is 98.1 Å². The number of fused-ring (bicyclic) bond motifs is 2. The zero-order chi connectivity index (χ0) is 23.8. The van der Waals surface area contributed by atoms with Gasteiger partial charge in [-0.15, -0.1) is 0 Å². The Morgan fingerprint density at radius 3 is 2.47 bits per heavy atom. The molecule has 174 valence electrons. The molecule has 0 aliphatic carbocycles. The number of nitrogens with zero attached hydrogens (tertiary/aromatic N) is 1. The quantitative estimate of drug-likeness (QED) is 0.559. The molecule has 2 aliphatic rings. The van der Waals surface area contributed by atoms with E-state index < -0.39 is 11.8 Å². The maximum Gasteiger partial charge on any atom is 0.261 e. The van der Waals surface area contributed by atoms with Gasteiger partial charge in [0.05, 0.1) is 30.0 Å². The first-order valence-corrected chi connectivity index (χ1v) is 11.2. The van der Waals surface area contributed by atoms with Crippen molar-refractivity contribution in [2.24, 2.45) is 5.92 Å². The van der Waals surface area contributed by atoms with Crippen LogP contribution in [-0.2, 0) is 6.54 Å². The molecule has 34 heavy (non-hydrogen) atoms. The number of nitrogens with one attached hydrogen (secondary N) is 1. The van der Waals surface area contributed by atoms with Crippen LogP contribution in [0.2, 0.25) is 0 Å². The smallest absolute Gasteiger partial charge is 0.261 e. The Bertz CT molecular complexity index is 1260. The number of carbonyl (C=O) groups is 3. The van der Waals surface area contributed by atoms with E-state index in [2.05, 4.69) is 5.32 Å². The highest BCUT2D eigenvalue weighted by atomic mass is 16.6. The third kappa shape index (κ3) is 3.91. The molecule has 0 bridgehead atoms. The minimum atomic E-state index is -0.446. The summed E-state index contributed by atoms with van der Waals surface area (Å²) in [5.41, 5.74) is 1.69. The Labute approximate surface area is 196 Å². The molecule has 0 saturated carbocycles. The van der Waals surface area contributed by atoms with Gasteiger partial charge < -0.3 is 19.2 Å². The number of hydrogen-bond donors (Lipinski definition) is 1. The van der Waals surface area contributed by atoms with Crippen LogP contribution in [0.3, 0.4) is 0 Å². The number of carbonyl (C=O) groups excluding carboxylic acids is 3. The molecule has 0 saturated heterocycles. The molecule has 1 aromatic heterocycles. The van der Waals surface area contributed by atoms with Gasteiger partial charge in [0.2, 0.25) is 0 Å². The molecule has 1 atom stereocenters. The molecule has 2 aliphatic heterocycles. The van der Waals surface area contributed by atoms with Crippen molar-refractivity contribution in [3.63, 3.8) is 0 Å². The standard InChI is InChI=1S/C26H24N2O6/c1-15(2)23(16-6-8-21-22(13-16)34-11-10-33-21)27-24(29)17-5-7-19-20(12-17)26(31)28(25(19)30)14-18-4-3-9-32-18/h3-9,12-13,15,23H,10-11,14H2,1-2H3,(H,27,29)/t23-/m0/s1. The molecule has 5 rings (SSSR count). The summed E-state index contributed by atoms with van der Waals surface area (Å²) in [7, 11) is 0. The largest absolute Gasteiger partial charge is 0.486 e. The van der Waals surface area contributed by atoms with Gasteiger partial charge in [-0.25, -0.2) is 0 Å². The monoisotopic (exact) mass is 460 g/mol. The molecule has 0 spiro atoms. The van der Waals surface area contributed by atoms with Gasteiger partial charge in [0, 0.05) is 5.56 Å². The summed E-state index contributed by atoms with van der Waals surface area (Å²) < 4.78 is 16.5. The van der Waals surface area contributed by atoms with E-state index in [1.807, 2.05) is 32.0 Å². The van der Waals surface area contributed by atoms with Gasteiger partial charge in [-0.2, -0.15) is 0 Å². The first-order valence-electron chi connectivity index (χ1n) is 11.2. The van der Waals surface area contributed by atoms with Crippen LogP contribution in [0.4, 0.5) is 0 Å². The lowest BCUT2D eigenvalue weighted by Crippen LogP contribution is -2.32. The van der Waals surface area contributed by atoms with Gasteiger partial charge in [-0.3, -0.25) is 19.3 Å². The van der Waals surface area contributed by atoms with Crippen molar-refractivity contribution in [1.29, 1.82) is 0 Å². The van der Waals surface area contributed by atoms with E-state index in [1.165, 1.54) is 18.4 Å². The second-order valence-corrected chi connectivity index (χ2v) is 8.63. The second kappa shape index (κ2) is 8.70. The van der Waals surface area contributed by atoms with Crippen LogP contribution in [0.25, 0.3) is 0 Å². The summed E-state index contributed by atoms with van der Waals surface area (Å²) >= 11 is 0. The summed E-state index contributed by atoms with van der Waals surface area (Å²) in [6.45, 7) is 5.06. The Morgan fingerprint density at radius 1 is 0.971 bits per heavy atom. The van der Waals surface area contributed by atoms with E-state index in [0.29, 0.717) is 36.0 Å². The molecule has 3 amide bonds. The average molecular weight is 460 g/mol. The van der Waals surface area contributed by atoms with Gasteiger partial charge in [0.15, 0.2) is 11.5 Å². The average Bonchev–Trinajstić information content (AvgIpc) is 3.44. The molecule has 3 heterocycles. The fraction of sp³-hybridized carbons (Fsp3) is 0.269. The molecular formula is C26H24N2O6. The Balaban J connectivity index is 1.37. The first kappa shape index (κ1) is 21.8. The van der Waals surface area contributed by atoms with Crippen molar-refractivity contribution in [2.45, 2.75) is 26.4 Å². The number of benzene rings is 2. The number of rotatable bonds is 6. The minimum absolute atomic E-state index is 0.0421. The zero-order valence-electron chi connectivity index (χ0n) is 18.9. The molecule has 8 nitrogen and oxygen atoms in total. The van der Waals surface area contributed by atoms with Crippen LogP contribution >= 0.6 is 0 Å². The maximum absolute atomic E-state index is 13.2. The van der Waals surface area contributed by atoms with Crippen molar-refractivity contribution in [1.82, 2.24) is 10.2 Å². The van der Waals surface area contributed by atoms with Gasteiger partial charge in [0.25, 0.3) is 17.7 Å². The van der Waals surface area contributed by atoms with Crippen molar-refractivity contribution >= 4 is 17.7 Å². The van der Waals surface area contributed by atoms with Crippen LogP contribution in [0, 0.1) is 5.92 Å². The number of amides is 3. The maximum atomic E-state index is 13.2. The molecule has 0 radical (unpaired) electrons. The molecule has 3 aromatic rings. The van der Waals surface area contributed by atoms with Crippen molar-refractivity contribution in [3.8, 4) is 11.5 Å². The van der Waals surface area contributed by atoms with Crippen LogP contribution < -0.4 is 14.8 Å². The minimum Gasteiger partial charge on any atom is -0.486 e. The molecule has 0 fully saturated rings. The van der Waals surface area contributed by atoms with E-state index >= 15 is 0 Å². The van der Waals surface area contributed by atoms with Gasteiger partial charge in [0.1, 0.15) is 19.0 Å². The van der Waals surface area contributed by atoms with E-state index in [0.717, 1.165) is 10.5 Å². The fourth-order valence-corrected chi connectivity index (χ4v) is 4.25. The molecule has 8 heteroatoms. The number of hydrogen-bond acceptors (Lipinski definition) is 6. The summed E-state index contributed by atoms with van der Waals surface area (Å²) in [5.74, 6) is 0.755. The van der Waals surface area contributed by atoms with E-state index in [4.69, 9.17) is 13.9 Å². The normalized spacial score (nSPS) is 15.4. The Kier molecular flexibility index (Phi) is 5.57. The van der Waals surface area contributed by atoms with Crippen LogP contribution in [-0.4, -0.2) is 35.8 Å². The number of ether oxygens (including phenoxy) is 2. The summed E-state index contributed by atoms with van der Waals surface area (Å²) in [6, 6.07) is 13.3. The lowest BCUT2D eigenvalue weighted by Gasteiger charge is -2.25. The highest BCUT2D eigenvalue weighted by Crippen LogP contribution is 2.34. The predicted octanol–water partition coefficient (Wildman–Crippen LogP) is 3.97.